The van der Waals surface area contributed by atoms with Gasteiger partial charge in [0, 0.05) is 22.7 Å². The highest BCUT2D eigenvalue weighted by atomic mass is 35.5. The topological polar surface area (TPSA) is 47.6 Å². The second-order valence-electron chi connectivity index (χ2n) is 6.89. The van der Waals surface area contributed by atoms with E-state index in [0.29, 0.717) is 28.6 Å². The van der Waals surface area contributed by atoms with Crippen LogP contribution in [0, 0.1) is 13.8 Å². The third-order valence-electron chi connectivity index (χ3n) is 4.64. The largest absolute Gasteiger partial charge is 0.496 e. The third kappa shape index (κ3) is 5.52. The van der Waals surface area contributed by atoms with E-state index in [2.05, 4.69) is 5.32 Å². The van der Waals surface area contributed by atoms with E-state index in [1.165, 1.54) is 5.56 Å². The summed E-state index contributed by atoms with van der Waals surface area (Å²) in [7, 11) is 1.60. The van der Waals surface area contributed by atoms with Crippen LogP contribution in [0.5, 0.6) is 11.5 Å². The van der Waals surface area contributed by atoms with Crippen LogP contribution in [-0.4, -0.2) is 13.0 Å². The minimum absolute atomic E-state index is 0.142. The summed E-state index contributed by atoms with van der Waals surface area (Å²) in [5, 5.41) is 3.65. The summed E-state index contributed by atoms with van der Waals surface area (Å²) in [4.78, 5) is 12.6. The number of aryl methyl sites for hydroxylation is 2. The molecule has 0 unspecified atom stereocenters. The molecule has 4 nitrogen and oxygen atoms in total. The highest BCUT2D eigenvalue weighted by Gasteiger charge is 2.11. The smallest absolute Gasteiger partial charge is 0.251 e. The Kier molecular flexibility index (Phi) is 6.78. The Morgan fingerprint density at radius 3 is 2.45 bits per heavy atom. The standard InChI is InChI=1S/C24H24ClNO3/c1-16-4-6-18(7-5-16)14-26-24(27)19-8-11-23(28-3)20(13-19)15-29-21-9-10-22(25)17(2)12-21/h4-13H,14-15H2,1-3H3,(H,26,27). The molecule has 29 heavy (non-hydrogen) atoms. The van der Waals surface area contributed by atoms with E-state index in [1.807, 2.05) is 50.2 Å². The van der Waals surface area contributed by atoms with E-state index in [4.69, 9.17) is 21.1 Å². The number of carbonyl (C=O) groups excluding carboxylic acids is 1. The lowest BCUT2D eigenvalue weighted by molar-refractivity contribution is 0.0950. The molecular weight excluding hydrogens is 386 g/mol. The number of benzene rings is 3. The summed E-state index contributed by atoms with van der Waals surface area (Å²) >= 11 is 6.06. The molecule has 3 aromatic carbocycles. The predicted octanol–water partition coefficient (Wildman–Crippen LogP) is 5.47. The van der Waals surface area contributed by atoms with Crippen molar-refractivity contribution in [3.05, 3.63) is 93.5 Å². The molecular formula is C24H24ClNO3. The minimum atomic E-state index is -0.142. The molecule has 0 radical (unpaired) electrons. The van der Waals surface area contributed by atoms with Crippen LogP contribution in [0.3, 0.4) is 0 Å². The van der Waals surface area contributed by atoms with Crippen LogP contribution in [0.4, 0.5) is 0 Å². The van der Waals surface area contributed by atoms with E-state index in [-0.39, 0.29) is 12.5 Å². The highest BCUT2D eigenvalue weighted by Crippen LogP contribution is 2.25. The second kappa shape index (κ2) is 9.48. The summed E-state index contributed by atoms with van der Waals surface area (Å²) in [6.07, 6.45) is 0. The Balaban J connectivity index is 1.69. The Bertz CT molecular complexity index is 1000. The van der Waals surface area contributed by atoms with Crippen LogP contribution < -0.4 is 14.8 Å². The molecule has 0 saturated heterocycles. The van der Waals surface area contributed by atoms with E-state index in [0.717, 1.165) is 16.7 Å². The third-order valence-corrected chi connectivity index (χ3v) is 5.06. The van der Waals surface area contributed by atoms with Crippen molar-refractivity contribution in [2.45, 2.75) is 27.0 Å². The molecule has 0 aromatic heterocycles. The predicted molar refractivity (Wildman–Crippen MR) is 116 cm³/mol. The first-order chi connectivity index (χ1) is 14.0. The van der Waals surface area contributed by atoms with E-state index >= 15 is 0 Å². The van der Waals surface area contributed by atoms with Crippen LogP contribution >= 0.6 is 11.6 Å². The summed E-state index contributed by atoms with van der Waals surface area (Å²) in [6, 6.07) is 18.9. The molecule has 0 spiro atoms. The van der Waals surface area contributed by atoms with Gasteiger partial charge in [0.05, 0.1) is 7.11 Å². The Hall–Kier alpha value is -2.98. The second-order valence-corrected chi connectivity index (χ2v) is 7.30. The number of amides is 1. The number of halogens is 1. The zero-order valence-electron chi connectivity index (χ0n) is 16.8. The van der Waals surface area contributed by atoms with Crippen molar-refractivity contribution >= 4 is 17.5 Å². The molecule has 1 amide bonds. The zero-order chi connectivity index (χ0) is 20.8. The van der Waals surface area contributed by atoms with Crippen LogP contribution in [0.25, 0.3) is 0 Å². The average Bonchev–Trinajstić information content (AvgIpc) is 2.73. The van der Waals surface area contributed by atoms with Gasteiger partial charge in [-0.15, -0.1) is 0 Å². The zero-order valence-corrected chi connectivity index (χ0v) is 17.5. The Labute approximate surface area is 176 Å². The number of rotatable bonds is 7. The molecule has 150 valence electrons. The van der Waals surface area contributed by atoms with E-state index in [1.54, 1.807) is 31.4 Å². The van der Waals surface area contributed by atoms with Gasteiger partial charge in [0.25, 0.3) is 5.91 Å². The summed E-state index contributed by atoms with van der Waals surface area (Å²) in [5.41, 5.74) is 4.54. The number of methoxy groups -OCH3 is 1. The fourth-order valence-electron chi connectivity index (χ4n) is 2.89. The first-order valence-corrected chi connectivity index (χ1v) is 9.73. The molecule has 0 aliphatic rings. The van der Waals surface area contributed by atoms with Gasteiger partial charge in [-0.2, -0.15) is 0 Å². The van der Waals surface area contributed by atoms with Gasteiger partial charge >= 0.3 is 0 Å². The van der Waals surface area contributed by atoms with Gasteiger partial charge in [-0.25, -0.2) is 0 Å². The van der Waals surface area contributed by atoms with Gasteiger partial charge in [-0.3, -0.25) is 4.79 Å². The quantitative estimate of drug-likeness (QED) is 0.562. The van der Waals surface area contributed by atoms with Crippen molar-refractivity contribution in [2.24, 2.45) is 0 Å². The molecule has 3 aromatic rings. The fourth-order valence-corrected chi connectivity index (χ4v) is 3.01. The van der Waals surface area contributed by atoms with Crippen molar-refractivity contribution in [1.29, 1.82) is 0 Å². The molecule has 0 bridgehead atoms. The number of nitrogens with one attached hydrogen (secondary N) is 1. The van der Waals surface area contributed by atoms with Gasteiger partial charge in [-0.05, 0) is 61.4 Å². The van der Waals surface area contributed by atoms with Crippen LogP contribution in [0.2, 0.25) is 5.02 Å². The van der Waals surface area contributed by atoms with Crippen molar-refractivity contribution in [1.82, 2.24) is 5.32 Å². The Morgan fingerprint density at radius 1 is 1.00 bits per heavy atom. The summed E-state index contributed by atoms with van der Waals surface area (Å²) in [5.74, 6) is 1.24. The maximum Gasteiger partial charge on any atom is 0.251 e. The van der Waals surface area contributed by atoms with Crippen LogP contribution in [-0.2, 0) is 13.2 Å². The molecule has 0 heterocycles. The highest BCUT2D eigenvalue weighted by molar-refractivity contribution is 6.31. The van der Waals surface area contributed by atoms with Crippen molar-refractivity contribution in [3.63, 3.8) is 0 Å². The van der Waals surface area contributed by atoms with Gasteiger partial charge in [0.2, 0.25) is 0 Å². The summed E-state index contributed by atoms with van der Waals surface area (Å²) < 4.78 is 11.3. The van der Waals surface area contributed by atoms with Crippen molar-refractivity contribution in [2.75, 3.05) is 7.11 Å². The molecule has 5 heteroatoms. The Morgan fingerprint density at radius 2 is 1.76 bits per heavy atom. The SMILES string of the molecule is COc1ccc(C(=O)NCc2ccc(C)cc2)cc1COc1ccc(Cl)c(C)c1. The van der Waals surface area contributed by atoms with Crippen LogP contribution in [0.15, 0.2) is 60.7 Å². The maximum absolute atomic E-state index is 12.6. The van der Waals surface area contributed by atoms with Gasteiger partial charge in [-0.1, -0.05) is 41.4 Å². The lowest BCUT2D eigenvalue weighted by Crippen LogP contribution is -2.23. The number of hydrogen-bond acceptors (Lipinski definition) is 3. The van der Waals surface area contributed by atoms with E-state index in [9.17, 15) is 4.79 Å². The number of hydrogen-bond donors (Lipinski definition) is 1. The van der Waals surface area contributed by atoms with E-state index < -0.39 is 0 Å². The first-order valence-electron chi connectivity index (χ1n) is 9.36. The van der Waals surface area contributed by atoms with Gasteiger partial charge < -0.3 is 14.8 Å². The lowest BCUT2D eigenvalue weighted by atomic mass is 10.1. The van der Waals surface area contributed by atoms with Crippen LogP contribution in [0.1, 0.15) is 32.6 Å². The molecule has 1 N–H and O–H groups in total. The normalized spacial score (nSPS) is 10.5. The lowest BCUT2D eigenvalue weighted by Gasteiger charge is -2.13. The minimum Gasteiger partial charge on any atom is -0.496 e. The number of ether oxygens (including phenoxy) is 2. The fraction of sp³-hybridized carbons (Fsp3) is 0.208. The number of carbonyl (C=O) groups is 1. The maximum atomic E-state index is 12.6. The summed E-state index contributed by atoms with van der Waals surface area (Å²) in [6.45, 7) is 4.72. The molecule has 0 atom stereocenters. The average molecular weight is 410 g/mol. The molecule has 0 saturated carbocycles. The molecule has 3 rings (SSSR count). The van der Waals surface area contributed by atoms with Gasteiger partial charge in [0.1, 0.15) is 18.1 Å². The molecule has 0 fully saturated rings. The first kappa shape index (κ1) is 20.7. The molecule has 0 aliphatic heterocycles. The van der Waals surface area contributed by atoms with Gasteiger partial charge in [0.15, 0.2) is 0 Å². The monoisotopic (exact) mass is 409 g/mol. The van der Waals surface area contributed by atoms with Crippen molar-refractivity contribution < 1.29 is 14.3 Å². The molecule has 0 aliphatic carbocycles. The van der Waals surface area contributed by atoms with Crippen molar-refractivity contribution in [3.8, 4) is 11.5 Å².